The highest BCUT2D eigenvalue weighted by molar-refractivity contribution is 5.92. The molecule has 6 heteroatoms. The number of ether oxygens (including phenoxy) is 2. The van der Waals surface area contributed by atoms with Crippen molar-refractivity contribution in [3.63, 3.8) is 0 Å². The molecule has 0 aliphatic carbocycles. The van der Waals surface area contributed by atoms with Gasteiger partial charge < -0.3 is 14.8 Å². The van der Waals surface area contributed by atoms with Crippen LogP contribution in [0.2, 0.25) is 0 Å². The van der Waals surface area contributed by atoms with Crippen molar-refractivity contribution >= 4 is 16.8 Å². The van der Waals surface area contributed by atoms with Gasteiger partial charge in [-0.1, -0.05) is 85.8 Å². The number of fused-ring (bicyclic) bond motifs is 1. The molecule has 3 aromatic carbocycles. The Kier molecular flexibility index (Phi) is 10.1. The molecule has 2 atom stereocenters. The lowest BCUT2D eigenvalue weighted by atomic mass is 9.94. The predicted octanol–water partition coefficient (Wildman–Crippen LogP) is 6.34. The molecule has 0 spiro atoms. The van der Waals surface area contributed by atoms with Gasteiger partial charge in [-0.25, -0.2) is 4.98 Å². The highest BCUT2D eigenvalue weighted by atomic mass is 16.5. The third-order valence-corrected chi connectivity index (χ3v) is 8.08. The Morgan fingerprint density at radius 2 is 1.73 bits per heavy atom. The number of amides is 1. The normalized spacial score (nSPS) is 16.2. The number of nitrogens with one attached hydrogen (secondary N) is 1. The minimum absolute atomic E-state index is 0.00106. The van der Waals surface area contributed by atoms with Crippen LogP contribution < -0.4 is 5.32 Å². The van der Waals surface area contributed by atoms with E-state index < -0.39 is 0 Å². The molecule has 6 nitrogen and oxygen atoms in total. The predicted molar refractivity (Wildman–Crippen MR) is 165 cm³/mol. The molecule has 1 aromatic heterocycles. The molecule has 1 aliphatic rings. The fourth-order valence-electron chi connectivity index (χ4n) is 5.91. The maximum absolute atomic E-state index is 13.6. The van der Waals surface area contributed by atoms with E-state index in [2.05, 4.69) is 47.5 Å². The molecule has 2 heterocycles. The van der Waals surface area contributed by atoms with E-state index in [1.807, 2.05) is 54.6 Å². The fourth-order valence-corrected chi connectivity index (χ4v) is 5.91. The summed E-state index contributed by atoms with van der Waals surface area (Å²) in [5.41, 5.74) is 5.87. The van der Waals surface area contributed by atoms with E-state index in [-0.39, 0.29) is 18.4 Å². The van der Waals surface area contributed by atoms with E-state index in [0.717, 1.165) is 71.4 Å². The number of rotatable bonds is 13. The highest BCUT2D eigenvalue weighted by Gasteiger charge is 2.25. The zero-order valence-corrected chi connectivity index (χ0v) is 24.2. The summed E-state index contributed by atoms with van der Waals surface area (Å²) in [4.78, 5) is 21.2. The number of methoxy groups -OCH3 is 1. The minimum atomic E-state index is -0.0365. The summed E-state index contributed by atoms with van der Waals surface area (Å²) >= 11 is 0. The van der Waals surface area contributed by atoms with Crippen molar-refractivity contribution in [2.45, 2.75) is 51.3 Å². The lowest BCUT2D eigenvalue weighted by molar-refractivity contribution is -0.121. The average molecular weight is 552 g/mol. The second-order valence-corrected chi connectivity index (χ2v) is 10.8. The first-order valence-corrected chi connectivity index (χ1v) is 14.8. The van der Waals surface area contributed by atoms with Crippen molar-refractivity contribution in [1.29, 1.82) is 0 Å². The Bertz CT molecular complexity index is 1410. The second-order valence-electron chi connectivity index (χ2n) is 10.8. The number of hydrogen-bond acceptors (Lipinski definition) is 5. The maximum atomic E-state index is 13.6. The van der Waals surface area contributed by atoms with Crippen LogP contribution in [-0.4, -0.2) is 55.2 Å². The van der Waals surface area contributed by atoms with Gasteiger partial charge in [-0.2, -0.15) is 0 Å². The Morgan fingerprint density at radius 1 is 1.00 bits per heavy atom. The quantitative estimate of drug-likeness (QED) is 0.210. The molecule has 4 aromatic rings. The first-order valence-electron chi connectivity index (χ1n) is 14.8. The van der Waals surface area contributed by atoms with Crippen LogP contribution in [-0.2, 0) is 27.3 Å². The number of nitrogens with zero attached hydrogens (tertiary/aromatic N) is 2. The van der Waals surface area contributed by atoms with Gasteiger partial charge in [0.25, 0.3) is 0 Å². The molecule has 214 valence electrons. The van der Waals surface area contributed by atoms with E-state index in [1.165, 1.54) is 6.42 Å². The van der Waals surface area contributed by atoms with Gasteiger partial charge in [0.05, 0.1) is 43.5 Å². The number of hydrogen-bond donors (Lipinski definition) is 1. The molecular formula is C35H41N3O3. The molecule has 1 N–H and O–H groups in total. The number of pyridine rings is 1. The van der Waals surface area contributed by atoms with E-state index >= 15 is 0 Å². The average Bonchev–Trinajstić information content (AvgIpc) is 3.47. The molecule has 1 fully saturated rings. The molecule has 0 saturated carbocycles. The van der Waals surface area contributed by atoms with Crippen molar-refractivity contribution in [3.8, 4) is 11.3 Å². The summed E-state index contributed by atoms with van der Waals surface area (Å²) in [6.45, 7) is 5.87. The number of para-hydroxylation sites is 1. The van der Waals surface area contributed by atoms with Crippen molar-refractivity contribution in [2.24, 2.45) is 0 Å². The molecule has 41 heavy (non-hydrogen) atoms. The second kappa shape index (κ2) is 14.4. The van der Waals surface area contributed by atoms with Gasteiger partial charge >= 0.3 is 0 Å². The van der Waals surface area contributed by atoms with E-state index in [9.17, 15) is 4.79 Å². The van der Waals surface area contributed by atoms with Crippen LogP contribution in [0.25, 0.3) is 22.2 Å². The zero-order chi connectivity index (χ0) is 28.4. The third-order valence-electron chi connectivity index (χ3n) is 8.08. The summed E-state index contributed by atoms with van der Waals surface area (Å²) in [5.74, 6) is -0.00106. The largest absolute Gasteiger partial charge is 0.383 e. The molecule has 1 aliphatic heterocycles. The van der Waals surface area contributed by atoms with Crippen molar-refractivity contribution in [2.75, 3.05) is 33.4 Å². The molecule has 0 radical (unpaired) electrons. The monoisotopic (exact) mass is 551 g/mol. The Labute approximate surface area is 243 Å². The number of carbonyl (C=O) groups is 1. The van der Waals surface area contributed by atoms with Crippen LogP contribution in [0.15, 0.2) is 84.9 Å². The number of carbonyl (C=O) groups excluding carboxylic acids is 1. The topological polar surface area (TPSA) is 63.7 Å². The third kappa shape index (κ3) is 7.20. The van der Waals surface area contributed by atoms with Crippen molar-refractivity contribution in [1.82, 2.24) is 15.2 Å². The summed E-state index contributed by atoms with van der Waals surface area (Å²) in [5, 5.41) is 4.29. The summed E-state index contributed by atoms with van der Waals surface area (Å²) in [6, 6.07) is 28.9. The Hall–Kier alpha value is -3.58. The molecule has 0 unspecified atom stereocenters. The molecular weight excluding hydrogens is 510 g/mol. The number of aromatic nitrogens is 1. The molecule has 1 amide bonds. The standard InChI is InChI=1S/C35H41N3O3/c1-3-32(26-13-6-4-7-14-26)36-34(39)23-30-29-18-10-11-19-33(29)37-35(27-15-8-5-9-16-27)31(30)25-41-24-28-17-12-20-38(28)21-22-40-2/h4-11,13-16,18-19,28,32H,3,12,17,20-25H2,1-2H3,(H,36,39)/t28-,32-/m0/s1. The van der Waals surface area contributed by atoms with Gasteiger partial charge in [0.15, 0.2) is 0 Å². The van der Waals surface area contributed by atoms with Gasteiger partial charge in [-0.3, -0.25) is 9.69 Å². The van der Waals surface area contributed by atoms with Crippen LogP contribution in [0.1, 0.15) is 48.9 Å². The smallest absolute Gasteiger partial charge is 0.224 e. The van der Waals surface area contributed by atoms with E-state index in [0.29, 0.717) is 19.3 Å². The van der Waals surface area contributed by atoms with Crippen LogP contribution >= 0.6 is 0 Å². The van der Waals surface area contributed by atoms with E-state index in [1.54, 1.807) is 7.11 Å². The van der Waals surface area contributed by atoms with Gasteiger partial charge in [0, 0.05) is 36.2 Å². The Balaban J connectivity index is 1.46. The first-order chi connectivity index (χ1) is 20.2. The van der Waals surface area contributed by atoms with Gasteiger partial charge in [0.2, 0.25) is 5.91 Å². The summed E-state index contributed by atoms with van der Waals surface area (Å²) in [6.07, 6.45) is 3.38. The van der Waals surface area contributed by atoms with Crippen molar-refractivity contribution < 1.29 is 14.3 Å². The van der Waals surface area contributed by atoms with Gasteiger partial charge in [-0.15, -0.1) is 0 Å². The molecule has 1 saturated heterocycles. The maximum Gasteiger partial charge on any atom is 0.224 e. The summed E-state index contributed by atoms with van der Waals surface area (Å²) < 4.78 is 11.8. The molecule has 0 bridgehead atoms. The van der Waals surface area contributed by atoms with E-state index in [4.69, 9.17) is 14.5 Å². The SMILES string of the molecule is CC[C@H](NC(=O)Cc1c(COC[C@@H]2CCCN2CCOC)c(-c2ccccc2)nc2ccccc12)c1ccccc1. The van der Waals surface area contributed by atoms with Crippen LogP contribution in [0, 0.1) is 0 Å². The molecule has 5 rings (SSSR count). The van der Waals surface area contributed by atoms with Crippen LogP contribution in [0.5, 0.6) is 0 Å². The van der Waals surface area contributed by atoms with Gasteiger partial charge in [0.1, 0.15) is 0 Å². The Morgan fingerprint density at radius 3 is 2.49 bits per heavy atom. The lowest BCUT2D eigenvalue weighted by Gasteiger charge is -2.25. The van der Waals surface area contributed by atoms with Gasteiger partial charge in [-0.05, 0) is 43.0 Å². The fraction of sp³-hybridized carbons (Fsp3) is 0.371. The van der Waals surface area contributed by atoms with Crippen LogP contribution in [0.4, 0.5) is 0 Å². The number of likely N-dealkylation sites (tertiary alicyclic amines) is 1. The highest BCUT2D eigenvalue weighted by Crippen LogP contribution is 2.32. The zero-order valence-electron chi connectivity index (χ0n) is 24.2. The van der Waals surface area contributed by atoms with Crippen molar-refractivity contribution in [3.05, 3.63) is 102 Å². The lowest BCUT2D eigenvalue weighted by Crippen LogP contribution is -2.35. The van der Waals surface area contributed by atoms with Crippen LogP contribution in [0.3, 0.4) is 0 Å². The summed E-state index contributed by atoms with van der Waals surface area (Å²) in [7, 11) is 1.75. The first kappa shape index (κ1) is 28.9. The number of benzene rings is 3. The minimum Gasteiger partial charge on any atom is -0.383 e.